The highest BCUT2D eigenvalue weighted by Gasteiger charge is 2.49. The van der Waals surface area contributed by atoms with Crippen molar-refractivity contribution in [1.82, 2.24) is 4.90 Å². The molecule has 4 nitrogen and oxygen atoms in total. The molecule has 0 bridgehead atoms. The van der Waals surface area contributed by atoms with E-state index in [0.717, 1.165) is 29.7 Å². The lowest BCUT2D eigenvalue weighted by Gasteiger charge is -2.44. The molecule has 2 amide bonds. The molecule has 1 atom stereocenters. The Bertz CT molecular complexity index is 881. The van der Waals surface area contributed by atoms with Gasteiger partial charge in [-0.15, -0.1) is 23.4 Å². The van der Waals surface area contributed by atoms with Crippen LogP contribution in [0.1, 0.15) is 29.3 Å². The maximum atomic E-state index is 12.9. The largest absolute Gasteiger partial charge is 0.341 e. The third kappa shape index (κ3) is 3.53. The fourth-order valence-electron chi connectivity index (χ4n) is 4.07. The van der Waals surface area contributed by atoms with Crippen LogP contribution in [0.25, 0.3) is 0 Å². The normalized spacial score (nSPS) is 19.9. The van der Waals surface area contributed by atoms with Crippen LogP contribution in [0, 0.1) is 6.92 Å². The lowest BCUT2D eigenvalue weighted by atomic mass is 10.00. The summed E-state index contributed by atoms with van der Waals surface area (Å²) in [6.45, 7) is 3.25. The van der Waals surface area contributed by atoms with Crippen LogP contribution >= 0.6 is 23.4 Å². The van der Waals surface area contributed by atoms with Gasteiger partial charge >= 0.3 is 0 Å². The number of piperidine rings is 1. The Morgan fingerprint density at radius 1 is 1.11 bits per heavy atom. The van der Waals surface area contributed by atoms with Gasteiger partial charge in [-0.05, 0) is 43.0 Å². The van der Waals surface area contributed by atoms with Crippen LogP contribution in [0.2, 0.25) is 0 Å². The average molecular weight is 415 g/mol. The number of thioether (sulfide) groups is 1. The molecule has 28 heavy (non-hydrogen) atoms. The van der Waals surface area contributed by atoms with Gasteiger partial charge < -0.3 is 4.90 Å². The molecule has 0 aromatic heterocycles. The number of halogens is 1. The Labute approximate surface area is 174 Å². The summed E-state index contributed by atoms with van der Waals surface area (Å²) in [7, 11) is 0. The van der Waals surface area contributed by atoms with Crippen LogP contribution in [-0.2, 0) is 9.59 Å². The predicted molar refractivity (Wildman–Crippen MR) is 115 cm³/mol. The molecule has 0 saturated carbocycles. The zero-order valence-corrected chi connectivity index (χ0v) is 17.4. The van der Waals surface area contributed by atoms with Crippen LogP contribution in [-0.4, -0.2) is 40.4 Å². The Kier molecular flexibility index (Phi) is 5.39. The summed E-state index contributed by atoms with van der Waals surface area (Å²) in [5.41, 5.74) is 2.91. The van der Waals surface area contributed by atoms with Crippen LogP contribution in [0.3, 0.4) is 0 Å². The lowest BCUT2D eigenvalue weighted by molar-refractivity contribution is -0.132. The van der Waals surface area contributed by atoms with Gasteiger partial charge in [-0.1, -0.05) is 42.5 Å². The first-order chi connectivity index (χ1) is 13.5. The molecule has 1 unspecified atom stereocenters. The fourth-order valence-corrected chi connectivity index (χ4v) is 5.68. The first kappa shape index (κ1) is 19.3. The molecule has 6 heteroatoms. The van der Waals surface area contributed by atoms with E-state index >= 15 is 0 Å². The zero-order valence-electron chi connectivity index (χ0n) is 15.8. The maximum Gasteiger partial charge on any atom is 0.245 e. The molecule has 2 saturated heterocycles. The lowest BCUT2D eigenvalue weighted by Crippen LogP contribution is -2.53. The molecule has 2 aliphatic heterocycles. The number of amides is 2. The van der Waals surface area contributed by atoms with E-state index in [4.69, 9.17) is 11.6 Å². The minimum Gasteiger partial charge on any atom is -0.341 e. The second-order valence-electron chi connectivity index (χ2n) is 7.40. The number of likely N-dealkylation sites (tertiary alicyclic amines) is 1. The molecular formula is C22H23ClN2O2S. The monoisotopic (exact) mass is 414 g/mol. The number of nitrogens with zero attached hydrogens (tertiary/aromatic N) is 2. The van der Waals surface area contributed by atoms with Gasteiger partial charge in [0.25, 0.3) is 0 Å². The second-order valence-corrected chi connectivity index (χ2v) is 9.18. The van der Waals surface area contributed by atoms with Crippen molar-refractivity contribution in [2.24, 2.45) is 0 Å². The van der Waals surface area contributed by atoms with Crippen molar-refractivity contribution in [1.29, 1.82) is 0 Å². The fraction of sp³-hybridized carbons (Fsp3) is 0.364. The molecule has 2 fully saturated rings. The van der Waals surface area contributed by atoms with E-state index in [1.165, 1.54) is 0 Å². The van der Waals surface area contributed by atoms with Crippen molar-refractivity contribution in [3.8, 4) is 0 Å². The SMILES string of the molecule is Cc1cccc(N2C(=O)CSC23CCN(C(=O)C(Cl)c2ccccc2)CC3)c1. The molecule has 146 valence electrons. The van der Waals surface area contributed by atoms with E-state index in [1.54, 1.807) is 11.8 Å². The highest BCUT2D eigenvalue weighted by Crippen LogP contribution is 2.47. The molecular weight excluding hydrogens is 392 g/mol. The van der Waals surface area contributed by atoms with Gasteiger partial charge in [-0.3, -0.25) is 14.5 Å². The number of anilines is 1. The Morgan fingerprint density at radius 2 is 1.82 bits per heavy atom. The van der Waals surface area contributed by atoms with Gasteiger partial charge in [0.1, 0.15) is 5.38 Å². The van der Waals surface area contributed by atoms with E-state index in [1.807, 2.05) is 65.3 Å². The zero-order chi connectivity index (χ0) is 19.7. The first-order valence-corrected chi connectivity index (χ1v) is 10.9. The predicted octanol–water partition coefficient (Wildman–Crippen LogP) is 4.37. The minimum atomic E-state index is -0.666. The average Bonchev–Trinajstić information content (AvgIpc) is 3.04. The van der Waals surface area contributed by atoms with E-state index in [9.17, 15) is 9.59 Å². The quantitative estimate of drug-likeness (QED) is 0.700. The Morgan fingerprint density at radius 3 is 2.50 bits per heavy atom. The highest BCUT2D eigenvalue weighted by atomic mass is 35.5. The number of hydrogen-bond acceptors (Lipinski definition) is 3. The molecule has 0 radical (unpaired) electrons. The van der Waals surface area contributed by atoms with Crippen molar-refractivity contribution in [2.45, 2.75) is 30.0 Å². The van der Waals surface area contributed by atoms with Crippen LogP contribution in [0.15, 0.2) is 54.6 Å². The Hall–Kier alpha value is -1.98. The van der Waals surface area contributed by atoms with Crippen LogP contribution < -0.4 is 4.90 Å². The standard InChI is InChI=1S/C22H23ClN2O2S/c1-16-6-5-9-18(14-16)25-19(26)15-28-22(25)10-12-24(13-11-22)21(27)20(23)17-7-3-2-4-8-17/h2-9,14,20H,10-13,15H2,1H3. The molecule has 0 N–H and O–H groups in total. The summed E-state index contributed by atoms with van der Waals surface area (Å²) in [5.74, 6) is 0.582. The van der Waals surface area contributed by atoms with Gasteiger partial charge in [0.2, 0.25) is 11.8 Å². The molecule has 4 rings (SSSR count). The van der Waals surface area contributed by atoms with Crippen molar-refractivity contribution < 1.29 is 9.59 Å². The summed E-state index contributed by atoms with van der Waals surface area (Å²) in [5, 5.41) is -0.666. The number of carbonyl (C=O) groups is 2. The molecule has 2 aromatic rings. The number of rotatable bonds is 3. The maximum absolute atomic E-state index is 12.9. The van der Waals surface area contributed by atoms with Gasteiger partial charge in [0.15, 0.2) is 0 Å². The summed E-state index contributed by atoms with van der Waals surface area (Å²) in [6, 6.07) is 17.6. The number of carbonyl (C=O) groups excluding carboxylic acids is 2. The van der Waals surface area contributed by atoms with Crippen molar-refractivity contribution in [3.05, 3.63) is 65.7 Å². The molecule has 2 heterocycles. The third-order valence-corrected chi connectivity index (χ3v) is 7.50. The van der Waals surface area contributed by atoms with E-state index < -0.39 is 5.38 Å². The van der Waals surface area contributed by atoms with Crippen molar-refractivity contribution >= 4 is 40.9 Å². The van der Waals surface area contributed by atoms with Crippen LogP contribution in [0.4, 0.5) is 5.69 Å². The summed E-state index contributed by atoms with van der Waals surface area (Å²) < 4.78 is 0. The summed E-state index contributed by atoms with van der Waals surface area (Å²) >= 11 is 8.15. The second kappa shape index (κ2) is 7.80. The molecule has 1 spiro atoms. The van der Waals surface area contributed by atoms with E-state index in [-0.39, 0.29) is 16.7 Å². The van der Waals surface area contributed by atoms with Gasteiger partial charge in [-0.2, -0.15) is 0 Å². The van der Waals surface area contributed by atoms with E-state index in [2.05, 4.69) is 6.07 Å². The number of hydrogen-bond donors (Lipinski definition) is 0. The van der Waals surface area contributed by atoms with Crippen LogP contribution in [0.5, 0.6) is 0 Å². The molecule has 2 aromatic carbocycles. The highest BCUT2D eigenvalue weighted by molar-refractivity contribution is 8.02. The topological polar surface area (TPSA) is 40.6 Å². The Balaban J connectivity index is 1.49. The molecule has 0 aliphatic carbocycles. The van der Waals surface area contributed by atoms with Crippen molar-refractivity contribution in [3.63, 3.8) is 0 Å². The number of alkyl halides is 1. The van der Waals surface area contributed by atoms with Crippen molar-refractivity contribution in [2.75, 3.05) is 23.7 Å². The first-order valence-electron chi connectivity index (χ1n) is 9.52. The number of aryl methyl sites for hydroxylation is 1. The third-order valence-electron chi connectivity index (χ3n) is 5.55. The summed E-state index contributed by atoms with van der Waals surface area (Å²) in [6.07, 6.45) is 1.50. The van der Waals surface area contributed by atoms with Gasteiger partial charge in [-0.25, -0.2) is 0 Å². The van der Waals surface area contributed by atoms with Gasteiger partial charge in [0.05, 0.1) is 10.6 Å². The minimum absolute atomic E-state index is 0.0563. The smallest absolute Gasteiger partial charge is 0.245 e. The summed E-state index contributed by atoms with van der Waals surface area (Å²) in [4.78, 5) is 29.1. The number of benzene rings is 2. The molecule has 2 aliphatic rings. The van der Waals surface area contributed by atoms with E-state index in [0.29, 0.717) is 18.8 Å². The van der Waals surface area contributed by atoms with Gasteiger partial charge in [0, 0.05) is 18.8 Å².